The van der Waals surface area contributed by atoms with Crippen molar-refractivity contribution in [1.29, 1.82) is 0 Å². The third-order valence-electron chi connectivity index (χ3n) is 4.94. The van der Waals surface area contributed by atoms with E-state index in [0.29, 0.717) is 30.4 Å². The maximum absolute atomic E-state index is 12.5. The molecule has 0 spiro atoms. The van der Waals surface area contributed by atoms with Crippen molar-refractivity contribution in [3.63, 3.8) is 0 Å². The first-order chi connectivity index (χ1) is 12.1. The van der Waals surface area contributed by atoms with E-state index < -0.39 is 5.97 Å². The topological polar surface area (TPSA) is 75.7 Å². The number of amides is 2. The molecule has 2 amide bonds. The molecule has 0 bridgehead atoms. The maximum Gasteiger partial charge on any atom is 0.338 e. The molecule has 6 nitrogen and oxygen atoms in total. The van der Waals surface area contributed by atoms with E-state index in [-0.39, 0.29) is 24.2 Å². The van der Waals surface area contributed by atoms with Gasteiger partial charge in [0.15, 0.2) is 0 Å². The molecule has 1 aliphatic carbocycles. The number of carbonyl (C=O) groups is 3. The largest absolute Gasteiger partial charge is 0.462 e. The van der Waals surface area contributed by atoms with Gasteiger partial charge in [0, 0.05) is 24.7 Å². The molecule has 1 heterocycles. The lowest BCUT2D eigenvalue weighted by Gasteiger charge is -2.23. The lowest BCUT2D eigenvalue weighted by molar-refractivity contribution is -0.129. The number of carbonyl (C=O) groups excluding carboxylic acids is 3. The lowest BCUT2D eigenvalue weighted by Crippen LogP contribution is -2.35. The Morgan fingerprint density at radius 3 is 2.76 bits per heavy atom. The highest BCUT2D eigenvalue weighted by Crippen LogP contribution is 2.30. The summed E-state index contributed by atoms with van der Waals surface area (Å²) in [7, 11) is 0. The molecule has 2 fully saturated rings. The average Bonchev–Trinajstić information content (AvgIpc) is 3.24. The smallest absolute Gasteiger partial charge is 0.338 e. The number of rotatable bonds is 5. The van der Waals surface area contributed by atoms with Gasteiger partial charge in [0.05, 0.1) is 18.1 Å². The number of nitrogens with zero attached hydrogens (tertiary/aromatic N) is 1. The zero-order valence-corrected chi connectivity index (χ0v) is 14.5. The van der Waals surface area contributed by atoms with E-state index in [9.17, 15) is 14.4 Å². The summed E-state index contributed by atoms with van der Waals surface area (Å²) >= 11 is 0. The molecule has 2 aliphatic rings. The molecule has 1 N–H and O–H groups in total. The van der Waals surface area contributed by atoms with Gasteiger partial charge in [0.1, 0.15) is 0 Å². The number of hydrogen-bond acceptors (Lipinski definition) is 4. The highest BCUT2D eigenvalue weighted by molar-refractivity contribution is 5.98. The summed E-state index contributed by atoms with van der Waals surface area (Å²) in [6.07, 6.45) is 4.67. The third-order valence-corrected chi connectivity index (χ3v) is 4.94. The van der Waals surface area contributed by atoms with Crippen molar-refractivity contribution in [2.24, 2.45) is 5.92 Å². The van der Waals surface area contributed by atoms with Gasteiger partial charge in [0.25, 0.3) is 0 Å². The number of nitrogens with one attached hydrogen (secondary N) is 1. The molecule has 0 radical (unpaired) electrons. The van der Waals surface area contributed by atoms with E-state index in [1.165, 1.54) is 0 Å². The second-order valence-corrected chi connectivity index (χ2v) is 6.68. The van der Waals surface area contributed by atoms with Crippen molar-refractivity contribution < 1.29 is 19.1 Å². The number of benzene rings is 1. The van der Waals surface area contributed by atoms with Gasteiger partial charge in [-0.05, 0) is 38.0 Å². The predicted molar refractivity (Wildman–Crippen MR) is 93.1 cm³/mol. The van der Waals surface area contributed by atoms with E-state index in [0.717, 1.165) is 25.7 Å². The Labute approximate surface area is 147 Å². The van der Waals surface area contributed by atoms with E-state index in [1.54, 1.807) is 31.2 Å². The minimum atomic E-state index is -0.415. The first-order valence-corrected chi connectivity index (χ1v) is 8.96. The van der Waals surface area contributed by atoms with E-state index in [2.05, 4.69) is 5.32 Å². The Bertz CT molecular complexity index is 667. The van der Waals surface area contributed by atoms with Gasteiger partial charge in [-0.25, -0.2) is 4.79 Å². The standard InChI is InChI=1S/C19H24N2O4/c1-2-25-19(24)13-6-5-7-15(10-13)20-18(23)14-11-17(22)21(12-14)16-8-3-4-9-16/h5-7,10,14,16H,2-4,8-9,11-12H2,1H3,(H,20,23). The van der Waals surface area contributed by atoms with Crippen LogP contribution >= 0.6 is 0 Å². The highest BCUT2D eigenvalue weighted by atomic mass is 16.5. The maximum atomic E-state index is 12.5. The van der Waals surface area contributed by atoms with Gasteiger partial charge in [-0.1, -0.05) is 18.9 Å². The lowest BCUT2D eigenvalue weighted by atomic mass is 10.1. The summed E-state index contributed by atoms with van der Waals surface area (Å²) in [5.41, 5.74) is 0.942. The Balaban J connectivity index is 1.62. The third kappa shape index (κ3) is 4.00. The first kappa shape index (κ1) is 17.5. The molecule has 1 atom stereocenters. The van der Waals surface area contributed by atoms with E-state index in [4.69, 9.17) is 4.74 Å². The minimum absolute atomic E-state index is 0.0762. The Morgan fingerprint density at radius 2 is 2.04 bits per heavy atom. The molecule has 1 saturated carbocycles. The number of ether oxygens (including phenoxy) is 1. The van der Waals surface area contributed by atoms with Crippen LogP contribution in [0.1, 0.15) is 49.4 Å². The van der Waals surface area contributed by atoms with E-state index in [1.807, 2.05) is 4.90 Å². The van der Waals surface area contributed by atoms with Gasteiger partial charge in [-0.2, -0.15) is 0 Å². The van der Waals surface area contributed by atoms with Crippen molar-refractivity contribution in [3.05, 3.63) is 29.8 Å². The molecule has 134 valence electrons. The van der Waals surface area contributed by atoms with Crippen LogP contribution in [0.4, 0.5) is 5.69 Å². The van der Waals surface area contributed by atoms with Crippen molar-refractivity contribution in [3.8, 4) is 0 Å². The fourth-order valence-corrected chi connectivity index (χ4v) is 3.66. The van der Waals surface area contributed by atoms with Gasteiger partial charge in [-0.3, -0.25) is 9.59 Å². The molecule has 1 unspecified atom stereocenters. The van der Waals surface area contributed by atoms with Crippen LogP contribution in [0, 0.1) is 5.92 Å². The summed E-state index contributed by atoms with van der Waals surface area (Å²) in [6.45, 7) is 2.54. The van der Waals surface area contributed by atoms with Crippen LogP contribution in [-0.4, -0.2) is 41.9 Å². The van der Waals surface area contributed by atoms with Gasteiger partial charge in [-0.15, -0.1) is 0 Å². The van der Waals surface area contributed by atoms with Gasteiger partial charge in [0.2, 0.25) is 11.8 Å². The second kappa shape index (κ2) is 7.68. The minimum Gasteiger partial charge on any atom is -0.462 e. The fraction of sp³-hybridized carbons (Fsp3) is 0.526. The number of likely N-dealkylation sites (tertiary alicyclic amines) is 1. The predicted octanol–water partition coefficient (Wildman–Crippen LogP) is 2.59. The average molecular weight is 344 g/mol. The van der Waals surface area contributed by atoms with Crippen molar-refractivity contribution in [1.82, 2.24) is 4.90 Å². The van der Waals surface area contributed by atoms with Gasteiger partial charge >= 0.3 is 5.97 Å². The normalized spacial score (nSPS) is 20.8. The van der Waals surface area contributed by atoms with Crippen LogP contribution in [-0.2, 0) is 14.3 Å². The van der Waals surface area contributed by atoms with Crippen molar-refractivity contribution in [2.75, 3.05) is 18.5 Å². The Kier molecular flexibility index (Phi) is 5.36. The van der Waals surface area contributed by atoms with Crippen LogP contribution in [0.15, 0.2) is 24.3 Å². The summed E-state index contributed by atoms with van der Waals surface area (Å²) in [6, 6.07) is 6.98. The Hall–Kier alpha value is -2.37. The zero-order chi connectivity index (χ0) is 17.8. The molecule has 1 aromatic carbocycles. The van der Waals surface area contributed by atoms with Crippen molar-refractivity contribution in [2.45, 2.75) is 45.1 Å². The van der Waals surface area contributed by atoms with E-state index >= 15 is 0 Å². The molecule has 3 rings (SSSR count). The molecular weight excluding hydrogens is 320 g/mol. The Morgan fingerprint density at radius 1 is 1.28 bits per heavy atom. The number of hydrogen-bond donors (Lipinski definition) is 1. The molecule has 1 aliphatic heterocycles. The fourth-order valence-electron chi connectivity index (χ4n) is 3.66. The summed E-state index contributed by atoms with van der Waals surface area (Å²) in [5.74, 6) is -0.844. The zero-order valence-electron chi connectivity index (χ0n) is 14.5. The molecule has 0 aromatic heterocycles. The summed E-state index contributed by atoms with van der Waals surface area (Å²) in [4.78, 5) is 38.4. The SMILES string of the molecule is CCOC(=O)c1cccc(NC(=O)C2CC(=O)N(C3CCCC3)C2)c1. The van der Waals surface area contributed by atoms with Crippen LogP contribution in [0.3, 0.4) is 0 Å². The van der Waals surface area contributed by atoms with Crippen LogP contribution in [0.25, 0.3) is 0 Å². The van der Waals surface area contributed by atoms with Crippen LogP contribution in [0.5, 0.6) is 0 Å². The molecule has 1 saturated heterocycles. The van der Waals surface area contributed by atoms with Gasteiger partial charge < -0.3 is 15.0 Å². The quantitative estimate of drug-likeness (QED) is 0.833. The second-order valence-electron chi connectivity index (χ2n) is 6.68. The highest BCUT2D eigenvalue weighted by Gasteiger charge is 2.38. The number of esters is 1. The summed E-state index contributed by atoms with van der Waals surface area (Å²) in [5, 5.41) is 2.83. The summed E-state index contributed by atoms with van der Waals surface area (Å²) < 4.78 is 4.97. The molecule has 25 heavy (non-hydrogen) atoms. The molecule has 6 heteroatoms. The van der Waals surface area contributed by atoms with Crippen LogP contribution in [0.2, 0.25) is 0 Å². The molecular formula is C19H24N2O4. The van der Waals surface area contributed by atoms with Crippen molar-refractivity contribution >= 4 is 23.5 Å². The number of anilines is 1. The monoisotopic (exact) mass is 344 g/mol. The molecule has 1 aromatic rings. The first-order valence-electron chi connectivity index (χ1n) is 8.96. The van der Waals surface area contributed by atoms with Crippen LogP contribution < -0.4 is 5.32 Å².